The molecule has 0 unspecified atom stereocenters. The van der Waals surface area contributed by atoms with Gasteiger partial charge in [-0.05, 0) is 12.1 Å². The number of rotatable bonds is 2. The van der Waals surface area contributed by atoms with Crippen LogP contribution in [0.15, 0.2) is 36.5 Å². The highest BCUT2D eigenvalue weighted by Gasteiger charge is 2.07. The monoisotopic (exact) mass is 204 g/mol. The summed E-state index contributed by atoms with van der Waals surface area (Å²) in [6.07, 6.45) is 1.89. The molecule has 0 aliphatic rings. The maximum atomic E-state index is 13.5. The van der Waals surface area contributed by atoms with Gasteiger partial charge in [0, 0.05) is 36.6 Å². The number of nitrogens with two attached hydrogens (primary N) is 1. The van der Waals surface area contributed by atoms with E-state index in [1.165, 1.54) is 6.07 Å². The van der Waals surface area contributed by atoms with Crippen LogP contribution in [0.3, 0.4) is 0 Å². The largest absolute Gasteiger partial charge is 0.353 e. The molecule has 0 bridgehead atoms. The Balaban J connectivity index is 2.50. The smallest absolute Gasteiger partial charge is 0.131 e. The molecule has 2 N–H and O–H groups in total. The first-order valence-corrected chi connectivity index (χ1v) is 4.82. The van der Waals surface area contributed by atoms with Crippen LogP contribution in [0.1, 0.15) is 5.69 Å². The van der Waals surface area contributed by atoms with E-state index >= 15 is 0 Å². The van der Waals surface area contributed by atoms with Crippen LogP contribution in [-0.4, -0.2) is 4.57 Å². The first kappa shape index (κ1) is 9.93. The average molecular weight is 204 g/mol. The van der Waals surface area contributed by atoms with Gasteiger partial charge in [0.15, 0.2) is 0 Å². The highest BCUT2D eigenvalue weighted by Crippen LogP contribution is 2.24. The van der Waals surface area contributed by atoms with Crippen molar-refractivity contribution in [3.8, 4) is 11.1 Å². The summed E-state index contributed by atoms with van der Waals surface area (Å²) in [7, 11) is 1.91. The maximum absolute atomic E-state index is 13.5. The lowest BCUT2D eigenvalue weighted by atomic mass is 10.1. The fraction of sp³-hybridized carbons (Fsp3) is 0.167. The Bertz CT molecular complexity index is 474. The van der Waals surface area contributed by atoms with Crippen molar-refractivity contribution in [3.63, 3.8) is 0 Å². The molecule has 0 amide bonds. The summed E-state index contributed by atoms with van der Waals surface area (Å²) in [6, 6.07) is 8.66. The van der Waals surface area contributed by atoms with Crippen LogP contribution >= 0.6 is 0 Å². The van der Waals surface area contributed by atoms with Crippen molar-refractivity contribution in [2.24, 2.45) is 12.8 Å². The topological polar surface area (TPSA) is 30.9 Å². The third-order valence-electron chi connectivity index (χ3n) is 2.50. The Labute approximate surface area is 88.1 Å². The average Bonchev–Trinajstić information content (AvgIpc) is 2.60. The molecule has 0 saturated heterocycles. The zero-order chi connectivity index (χ0) is 10.8. The first-order valence-electron chi connectivity index (χ1n) is 4.82. The van der Waals surface area contributed by atoms with Crippen LogP contribution in [0.5, 0.6) is 0 Å². The third kappa shape index (κ3) is 1.78. The molecule has 0 aliphatic heterocycles. The van der Waals surface area contributed by atoms with Crippen molar-refractivity contribution in [2.75, 3.05) is 0 Å². The summed E-state index contributed by atoms with van der Waals surface area (Å²) in [5, 5.41) is 0. The Kier molecular flexibility index (Phi) is 2.56. The predicted octanol–water partition coefficient (Wildman–Crippen LogP) is 2.29. The predicted molar refractivity (Wildman–Crippen MR) is 58.7 cm³/mol. The second-order valence-corrected chi connectivity index (χ2v) is 3.51. The second-order valence-electron chi connectivity index (χ2n) is 3.51. The Morgan fingerprint density at radius 1 is 1.33 bits per heavy atom. The number of hydrogen-bond donors (Lipinski definition) is 1. The SMILES string of the molecule is Cn1cc(-c2ccccc2F)cc1CN. The lowest BCUT2D eigenvalue weighted by Gasteiger charge is -1.98. The standard InChI is InChI=1S/C12H13FN2/c1-15-8-9(6-10(15)7-14)11-4-2-3-5-12(11)13/h2-6,8H,7,14H2,1H3. The molecule has 1 aromatic heterocycles. The van der Waals surface area contributed by atoms with E-state index in [2.05, 4.69) is 0 Å². The van der Waals surface area contributed by atoms with Gasteiger partial charge in [0.2, 0.25) is 0 Å². The second kappa shape index (κ2) is 3.87. The van der Waals surface area contributed by atoms with Gasteiger partial charge in [-0.3, -0.25) is 0 Å². The molecule has 0 radical (unpaired) electrons. The van der Waals surface area contributed by atoms with Crippen LogP contribution < -0.4 is 5.73 Å². The van der Waals surface area contributed by atoms with Gasteiger partial charge in [-0.2, -0.15) is 0 Å². The van der Waals surface area contributed by atoms with Gasteiger partial charge in [0.05, 0.1) is 0 Å². The van der Waals surface area contributed by atoms with E-state index in [1.807, 2.05) is 29.9 Å². The fourth-order valence-electron chi connectivity index (χ4n) is 1.66. The molecular weight excluding hydrogens is 191 g/mol. The van der Waals surface area contributed by atoms with Crippen molar-refractivity contribution >= 4 is 0 Å². The molecule has 0 saturated carbocycles. The summed E-state index contributed by atoms with van der Waals surface area (Å²) >= 11 is 0. The Hall–Kier alpha value is -1.61. The molecule has 78 valence electrons. The molecule has 0 fully saturated rings. The van der Waals surface area contributed by atoms with Gasteiger partial charge in [0.1, 0.15) is 5.82 Å². The fourth-order valence-corrected chi connectivity index (χ4v) is 1.66. The Morgan fingerprint density at radius 2 is 2.07 bits per heavy atom. The van der Waals surface area contributed by atoms with Gasteiger partial charge in [-0.25, -0.2) is 4.39 Å². The molecule has 3 heteroatoms. The number of benzene rings is 1. The van der Waals surface area contributed by atoms with Crippen LogP contribution in [0, 0.1) is 5.82 Å². The zero-order valence-electron chi connectivity index (χ0n) is 8.57. The van der Waals surface area contributed by atoms with E-state index in [4.69, 9.17) is 5.73 Å². The van der Waals surface area contributed by atoms with Gasteiger partial charge >= 0.3 is 0 Å². The number of aromatic nitrogens is 1. The molecule has 2 nitrogen and oxygen atoms in total. The van der Waals surface area contributed by atoms with Crippen molar-refractivity contribution in [1.29, 1.82) is 0 Å². The van der Waals surface area contributed by atoms with Crippen molar-refractivity contribution in [3.05, 3.63) is 48.0 Å². The number of aryl methyl sites for hydroxylation is 1. The molecule has 0 aliphatic carbocycles. The van der Waals surface area contributed by atoms with E-state index in [1.54, 1.807) is 12.1 Å². The molecule has 0 spiro atoms. The molecule has 15 heavy (non-hydrogen) atoms. The molecule has 2 aromatic rings. The Morgan fingerprint density at radius 3 is 2.67 bits per heavy atom. The first-order chi connectivity index (χ1) is 7.22. The quantitative estimate of drug-likeness (QED) is 0.799. The lowest BCUT2D eigenvalue weighted by Crippen LogP contribution is -2.01. The number of hydrogen-bond acceptors (Lipinski definition) is 1. The van der Waals surface area contributed by atoms with Crippen LogP contribution in [0.25, 0.3) is 11.1 Å². The van der Waals surface area contributed by atoms with E-state index in [-0.39, 0.29) is 5.82 Å². The van der Waals surface area contributed by atoms with Crippen molar-refractivity contribution in [2.45, 2.75) is 6.54 Å². The number of nitrogens with zero attached hydrogens (tertiary/aromatic N) is 1. The van der Waals surface area contributed by atoms with Crippen LogP contribution in [-0.2, 0) is 13.6 Å². The zero-order valence-corrected chi connectivity index (χ0v) is 8.57. The normalized spacial score (nSPS) is 10.6. The lowest BCUT2D eigenvalue weighted by molar-refractivity contribution is 0.631. The van der Waals surface area contributed by atoms with E-state index in [0.29, 0.717) is 12.1 Å². The summed E-state index contributed by atoms with van der Waals surface area (Å²) in [4.78, 5) is 0. The van der Waals surface area contributed by atoms with E-state index in [9.17, 15) is 4.39 Å². The summed E-state index contributed by atoms with van der Waals surface area (Å²) in [5.41, 5.74) is 8.05. The molecule has 0 atom stereocenters. The van der Waals surface area contributed by atoms with E-state index < -0.39 is 0 Å². The van der Waals surface area contributed by atoms with E-state index in [0.717, 1.165) is 11.3 Å². The molecule has 2 rings (SSSR count). The van der Waals surface area contributed by atoms with Crippen LogP contribution in [0.2, 0.25) is 0 Å². The van der Waals surface area contributed by atoms with Crippen molar-refractivity contribution in [1.82, 2.24) is 4.57 Å². The highest BCUT2D eigenvalue weighted by molar-refractivity contribution is 5.64. The van der Waals surface area contributed by atoms with Gasteiger partial charge in [0.25, 0.3) is 0 Å². The molecule has 1 heterocycles. The highest BCUT2D eigenvalue weighted by atomic mass is 19.1. The van der Waals surface area contributed by atoms with Crippen LogP contribution in [0.4, 0.5) is 4.39 Å². The summed E-state index contributed by atoms with van der Waals surface area (Å²) in [5.74, 6) is -0.202. The van der Waals surface area contributed by atoms with Gasteiger partial charge in [-0.15, -0.1) is 0 Å². The third-order valence-corrected chi connectivity index (χ3v) is 2.50. The van der Waals surface area contributed by atoms with Gasteiger partial charge in [-0.1, -0.05) is 18.2 Å². The minimum absolute atomic E-state index is 0.202. The molecule has 1 aromatic carbocycles. The minimum Gasteiger partial charge on any atom is -0.353 e. The van der Waals surface area contributed by atoms with Crippen molar-refractivity contribution < 1.29 is 4.39 Å². The van der Waals surface area contributed by atoms with Gasteiger partial charge < -0.3 is 10.3 Å². The summed E-state index contributed by atoms with van der Waals surface area (Å²) < 4.78 is 15.4. The maximum Gasteiger partial charge on any atom is 0.131 e. The minimum atomic E-state index is -0.202. The molecular formula is C12H13FN2. The number of halogens is 1. The summed E-state index contributed by atoms with van der Waals surface area (Å²) in [6.45, 7) is 0.463.